The number of aryl methyl sites for hydroxylation is 1. The fourth-order valence-corrected chi connectivity index (χ4v) is 4.34. The van der Waals surface area contributed by atoms with Gasteiger partial charge in [-0.2, -0.15) is 5.10 Å². The first-order valence-electron chi connectivity index (χ1n) is 11.5. The highest BCUT2D eigenvalue weighted by atomic mass is 19.1. The quantitative estimate of drug-likeness (QED) is 0.576. The number of aromatic nitrogens is 4. The van der Waals surface area contributed by atoms with E-state index in [0.717, 1.165) is 60.0 Å². The van der Waals surface area contributed by atoms with Crippen LogP contribution in [0.5, 0.6) is 0 Å². The van der Waals surface area contributed by atoms with Crippen LogP contribution in [-0.2, 0) is 4.79 Å². The van der Waals surface area contributed by atoms with E-state index in [1.54, 1.807) is 16.8 Å². The molecule has 0 saturated carbocycles. The molecule has 4 rings (SSSR count). The summed E-state index contributed by atoms with van der Waals surface area (Å²) in [6.07, 6.45) is 2.57. The summed E-state index contributed by atoms with van der Waals surface area (Å²) in [5.74, 6) is 1.79. The third-order valence-corrected chi connectivity index (χ3v) is 6.17. The van der Waals surface area contributed by atoms with Crippen LogP contribution in [0.1, 0.15) is 57.5 Å². The zero-order valence-corrected chi connectivity index (χ0v) is 19.3. The molecule has 0 aliphatic carbocycles. The number of hydrogen-bond donors (Lipinski definition) is 0. The number of benzene rings is 1. The first-order valence-corrected chi connectivity index (χ1v) is 11.5. The molecule has 0 spiro atoms. The molecule has 1 atom stereocenters. The lowest BCUT2D eigenvalue weighted by Crippen LogP contribution is -2.49. The van der Waals surface area contributed by atoms with Gasteiger partial charge in [0.2, 0.25) is 5.91 Å². The minimum Gasteiger partial charge on any atom is -0.352 e. The van der Waals surface area contributed by atoms with E-state index in [0.29, 0.717) is 19.5 Å². The maximum atomic E-state index is 13.5. The molecule has 2 aromatic heterocycles. The lowest BCUT2D eigenvalue weighted by atomic mass is 10.1. The highest BCUT2D eigenvalue weighted by Gasteiger charge is 2.26. The van der Waals surface area contributed by atoms with Gasteiger partial charge < -0.3 is 9.80 Å². The monoisotopic (exact) mass is 438 g/mol. The molecule has 7 nitrogen and oxygen atoms in total. The number of halogens is 1. The van der Waals surface area contributed by atoms with E-state index < -0.39 is 0 Å². The van der Waals surface area contributed by atoms with E-state index in [4.69, 9.17) is 15.1 Å². The number of amides is 1. The number of fused-ring (bicyclic) bond motifs is 1. The van der Waals surface area contributed by atoms with Crippen molar-refractivity contribution in [2.24, 2.45) is 0 Å². The maximum absolute atomic E-state index is 13.5. The van der Waals surface area contributed by atoms with Crippen molar-refractivity contribution < 1.29 is 9.18 Å². The fourth-order valence-electron chi connectivity index (χ4n) is 4.34. The van der Waals surface area contributed by atoms with Crippen LogP contribution in [0.2, 0.25) is 0 Å². The van der Waals surface area contributed by atoms with Gasteiger partial charge in [0.25, 0.3) is 0 Å². The van der Waals surface area contributed by atoms with Crippen molar-refractivity contribution in [2.45, 2.75) is 52.9 Å². The lowest BCUT2D eigenvalue weighted by Gasteiger charge is -2.35. The Hall–Kier alpha value is -3.03. The average Bonchev–Trinajstić information content (AvgIpc) is 3.15. The second-order valence-electron chi connectivity index (χ2n) is 8.49. The molecule has 32 heavy (non-hydrogen) atoms. The predicted octanol–water partition coefficient (Wildman–Crippen LogP) is 4.23. The van der Waals surface area contributed by atoms with Gasteiger partial charge in [-0.25, -0.2) is 19.0 Å². The molecular weight excluding hydrogens is 407 g/mol. The Labute approximate surface area is 188 Å². The number of hydrogen-bond acceptors (Lipinski definition) is 5. The maximum Gasteiger partial charge on any atom is 0.222 e. The molecule has 1 saturated heterocycles. The number of carbonyl (C=O) groups excluding carboxylic acids is 1. The van der Waals surface area contributed by atoms with Crippen LogP contribution >= 0.6 is 0 Å². The van der Waals surface area contributed by atoms with Gasteiger partial charge in [-0.15, -0.1) is 0 Å². The van der Waals surface area contributed by atoms with Gasteiger partial charge in [0, 0.05) is 38.5 Å². The standard InChI is InChI=1S/C24H31FN6O/c1-5-7-16(3)22-26-23(30-14-12-29(13-15-30)20(32)6-2)21-17(4)28-31(24(21)27-22)19-10-8-18(25)9-11-19/h8-11,16H,5-7,12-15H2,1-4H3/t16-/m1/s1. The van der Waals surface area contributed by atoms with Gasteiger partial charge in [0.05, 0.1) is 16.8 Å². The van der Waals surface area contributed by atoms with Crippen molar-refractivity contribution in [1.82, 2.24) is 24.6 Å². The minimum absolute atomic E-state index is 0.190. The van der Waals surface area contributed by atoms with Crippen LogP contribution in [0.25, 0.3) is 16.7 Å². The summed E-state index contributed by atoms with van der Waals surface area (Å²) in [5.41, 5.74) is 2.34. The third-order valence-electron chi connectivity index (χ3n) is 6.17. The summed E-state index contributed by atoms with van der Waals surface area (Å²) in [7, 11) is 0. The van der Waals surface area contributed by atoms with E-state index in [2.05, 4.69) is 18.7 Å². The zero-order valence-electron chi connectivity index (χ0n) is 19.3. The molecule has 1 fully saturated rings. The van der Waals surface area contributed by atoms with Gasteiger partial charge in [-0.05, 0) is 37.6 Å². The molecular formula is C24H31FN6O. The predicted molar refractivity (Wildman–Crippen MR) is 124 cm³/mol. The van der Waals surface area contributed by atoms with Crippen LogP contribution in [0.15, 0.2) is 24.3 Å². The highest BCUT2D eigenvalue weighted by molar-refractivity contribution is 5.91. The molecule has 3 heterocycles. The molecule has 1 amide bonds. The van der Waals surface area contributed by atoms with E-state index >= 15 is 0 Å². The molecule has 1 aromatic carbocycles. The second kappa shape index (κ2) is 9.22. The number of anilines is 1. The van der Waals surface area contributed by atoms with Crippen molar-refractivity contribution in [3.05, 3.63) is 41.6 Å². The first kappa shape index (κ1) is 22.2. The van der Waals surface area contributed by atoms with Crippen LogP contribution in [0.4, 0.5) is 10.2 Å². The molecule has 0 unspecified atom stereocenters. The molecule has 170 valence electrons. The van der Waals surface area contributed by atoms with Gasteiger partial charge in [-0.3, -0.25) is 4.79 Å². The van der Waals surface area contributed by atoms with Crippen molar-refractivity contribution in [3.8, 4) is 5.69 Å². The van der Waals surface area contributed by atoms with E-state index in [9.17, 15) is 9.18 Å². The zero-order chi connectivity index (χ0) is 22.8. The fraction of sp³-hybridized carbons (Fsp3) is 0.500. The Morgan fingerprint density at radius 3 is 2.41 bits per heavy atom. The Balaban J connectivity index is 1.81. The van der Waals surface area contributed by atoms with Gasteiger partial charge in [0.15, 0.2) is 5.65 Å². The average molecular weight is 439 g/mol. The summed E-state index contributed by atoms with van der Waals surface area (Å²) in [5, 5.41) is 5.66. The molecule has 0 radical (unpaired) electrons. The Morgan fingerprint density at radius 2 is 1.78 bits per heavy atom. The Kier molecular flexibility index (Phi) is 6.39. The smallest absolute Gasteiger partial charge is 0.222 e. The lowest BCUT2D eigenvalue weighted by molar-refractivity contribution is -0.131. The summed E-state index contributed by atoms with van der Waals surface area (Å²) < 4.78 is 15.3. The minimum atomic E-state index is -0.283. The van der Waals surface area contributed by atoms with Crippen LogP contribution in [0.3, 0.4) is 0 Å². The summed E-state index contributed by atoms with van der Waals surface area (Å²) >= 11 is 0. The number of nitrogens with zero attached hydrogens (tertiary/aromatic N) is 6. The molecule has 0 bridgehead atoms. The SMILES string of the molecule is CCC[C@@H](C)c1nc(N2CCN(C(=O)CC)CC2)c2c(C)nn(-c3ccc(F)cc3)c2n1. The van der Waals surface area contributed by atoms with Crippen LogP contribution in [-0.4, -0.2) is 56.7 Å². The Morgan fingerprint density at radius 1 is 1.09 bits per heavy atom. The van der Waals surface area contributed by atoms with Crippen molar-refractivity contribution in [1.29, 1.82) is 0 Å². The largest absolute Gasteiger partial charge is 0.352 e. The highest BCUT2D eigenvalue weighted by Crippen LogP contribution is 2.32. The molecule has 3 aromatic rings. The van der Waals surface area contributed by atoms with Crippen LogP contribution in [0, 0.1) is 12.7 Å². The van der Waals surface area contributed by atoms with E-state index in [1.165, 1.54) is 12.1 Å². The summed E-state index contributed by atoms with van der Waals surface area (Å²) in [6.45, 7) is 11.0. The van der Waals surface area contributed by atoms with Crippen molar-refractivity contribution in [2.75, 3.05) is 31.1 Å². The number of piperazine rings is 1. The summed E-state index contributed by atoms with van der Waals surface area (Å²) in [4.78, 5) is 26.2. The van der Waals surface area contributed by atoms with E-state index in [1.807, 2.05) is 18.7 Å². The first-order chi connectivity index (χ1) is 15.4. The topological polar surface area (TPSA) is 67.2 Å². The van der Waals surface area contributed by atoms with Gasteiger partial charge in [-0.1, -0.05) is 27.2 Å². The van der Waals surface area contributed by atoms with Crippen molar-refractivity contribution in [3.63, 3.8) is 0 Å². The van der Waals surface area contributed by atoms with Gasteiger partial charge in [0.1, 0.15) is 17.5 Å². The third kappa shape index (κ3) is 4.18. The molecule has 8 heteroatoms. The van der Waals surface area contributed by atoms with Crippen LogP contribution < -0.4 is 4.90 Å². The molecule has 0 N–H and O–H groups in total. The van der Waals surface area contributed by atoms with E-state index in [-0.39, 0.29) is 17.6 Å². The Bertz CT molecular complexity index is 1100. The molecule has 1 aliphatic heterocycles. The molecule has 1 aliphatic rings. The van der Waals surface area contributed by atoms with Gasteiger partial charge >= 0.3 is 0 Å². The van der Waals surface area contributed by atoms with Crippen molar-refractivity contribution >= 4 is 22.8 Å². The summed E-state index contributed by atoms with van der Waals surface area (Å²) in [6, 6.07) is 6.30. The normalized spacial score (nSPS) is 15.4. The number of carbonyl (C=O) groups is 1. The second-order valence-corrected chi connectivity index (χ2v) is 8.49. The number of rotatable bonds is 6.